The summed E-state index contributed by atoms with van der Waals surface area (Å²) >= 11 is 0. The Labute approximate surface area is 154 Å². The van der Waals surface area contributed by atoms with Crippen LogP contribution >= 0.6 is 0 Å². The van der Waals surface area contributed by atoms with Crippen LogP contribution in [0.25, 0.3) is 0 Å². The summed E-state index contributed by atoms with van der Waals surface area (Å²) in [5.74, 6) is 0.955. The molecule has 0 aliphatic carbocycles. The topological polar surface area (TPSA) is 29.5 Å². The summed E-state index contributed by atoms with van der Waals surface area (Å²) in [6.07, 6.45) is 12.3. The molecular weight excluding hydrogens is 310 g/mol. The van der Waals surface area contributed by atoms with Gasteiger partial charge in [-0.1, -0.05) is 65.2 Å². The molecule has 0 unspecified atom stereocenters. The van der Waals surface area contributed by atoms with Gasteiger partial charge in [-0.05, 0) is 37.1 Å². The number of benzene rings is 1. The fourth-order valence-electron chi connectivity index (χ4n) is 3.04. The van der Waals surface area contributed by atoms with Crippen molar-refractivity contribution in [1.82, 2.24) is 4.90 Å². The van der Waals surface area contributed by atoms with Crippen molar-refractivity contribution in [1.29, 1.82) is 0 Å². The number of carbonyl (C=O) groups excluding carboxylic acids is 1. The van der Waals surface area contributed by atoms with Crippen LogP contribution in [0.3, 0.4) is 0 Å². The molecular formula is C22H37NO2. The molecule has 1 amide bonds. The molecule has 25 heavy (non-hydrogen) atoms. The van der Waals surface area contributed by atoms with E-state index in [1.165, 1.54) is 51.4 Å². The fourth-order valence-corrected chi connectivity index (χ4v) is 3.04. The zero-order chi connectivity index (χ0) is 18.3. The van der Waals surface area contributed by atoms with E-state index < -0.39 is 0 Å². The van der Waals surface area contributed by atoms with Crippen molar-refractivity contribution < 1.29 is 9.53 Å². The number of nitrogens with zero attached hydrogens (tertiary/aromatic N) is 1. The van der Waals surface area contributed by atoms with Crippen LogP contribution in [0, 0.1) is 0 Å². The van der Waals surface area contributed by atoms with Gasteiger partial charge in [-0.25, -0.2) is 0 Å². The molecule has 0 aliphatic rings. The highest BCUT2D eigenvalue weighted by Gasteiger charge is 2.15. The standard InChI is InChI=1S/C22H37NO2/c1-4-6-8-10-12-18-23(19-13-11-9-7-5-2)22(24)20-14-16-21(25-3)17-15-20/h14-17H,4-13,18-19H2,1-3H3. The monoisotopic (exact) mass is 347 g/mol. The Morgan fingerprint density at radius 2 is 1.28 bits per heavy atom. The third-order valence-corrected chi connectivity index (χ3v) is 4.69. The summed E-state index contributed by atoms with van der Waals surface area (Å²) in [6, 6.07) is 7.49. The van der Waals surface area contributed by atoms with Crippen LogP contribution in [0.1, 0.15) is 88.4 Å². The van der Waals surface area contributed by atoms with Gasteiger partial charge in [0.25, 0.3) is 5.91 Å². The van der Waals surface area contributed by atoms with Gasteiger partial charge >= 0.3 is 0 Å². The van der Waals surface area contributed by atoms with Gasteiger partial charge in [0.2, 0.25) is 0 Å². The highest BCUT2D eigenvalue weighted by atomic mass is 16.5. The second-order valence-electron chi connectivity index (χ2n) is 6.85. The smallest absolute Gasteiger partial charge is 0.253 e. The Morgan fingerprint density at radius 3 is 1.72 bits per heavy atom. The zero-order valence-corrected chi connectivity index (χ0v) is 16.6. The van der Waals surface area contributed by atoms with Crippen LogP contribution in [0.5, 0.6) is 5.75 Å². The second-order valence-corrected chi connectivity index (χ2v) is 6.85. The average Bonchev–Trinajstić information content (AvgIpc) is 2.65. The molecule has 0 saturated carbocycles. The van der Waals surface area contributed by atoms with Crippen LogP contribution < -0.4 is 4.74 Å². The maximum Gasteiger partial charge on any atom is 0.253 e. The van der Waals surface area contributed by atoms with Gasteiger partial charge in [-0.2, -0.15) is 0 Å². The quantitative estimate of drug-likeness (QED) is 0.382. The third-order valence-electron chi connectivity index (χ3n) is 4.69. The first-order chi connectivity index (χ1) is 12.2. The molecule has 0 atom stereocenters. The third kappa shape index (κ3) is 8.94. The van der Waals surface area contributed by atoms with Gasteiger partial charge in [-0.15, -0.1) is 0 Å². The van der Waals surface area contributed by atoms with Gasteiger partial charge in [0.15, 0.2) is 0 Å². The Morgan fingerprint density at radius 1 is 0.800 bits per heavy atom. The van der Waals surface area contributed by atoms with Crippen molar-refractivity contribution in [2.75, 3.05) is 20.2 Å². The molecule has 0 fully saturated rings. The molecule has 142 valence electrons. The van der Waals surface area contributed by atoms with Gasteiger partial charge in [0.1, 0.15) is 5.75 Å². The summed E-state index contributed by atoms with van der Waals surface area (Å²) in [7, 11) is 1.65. The SMILES string of the molecule is CCCCCCCN(CCCCCCC)C(=O)c1ccc(OC)cc1. The van der Waals surface area contributed by atoms with Gasteiger partial charge in [0, 0.05) is 18.7 Å². The van der Waals surface area contributed by atoms with E-state index in [1.807, 2.05) is 24.3 Å². The molecule has 0 saturated heterocycles. The number of ether oxygens (including phenoxy) is 1. The van der Waals surface area contributed by atoms with E-state index >= 15 is 0 Å². The lowest BCUT2D eigenvalue weighted by molar-refractivity contribution is 0.0749. The Hall–Kier alpha value is -1.51. The fraction of sp³-hybridized carbons (Fsp3) is 0.682. The minimum atomic E-state index is 0.161. The molecule has 1 aromatic rings. The number of hydrogen-bond acceptors (Lipinski definition) is 2. The molecule has 3 nitrogen and oxygen atoms in total. The van der Waals surface area contributed by atoms with E-state index in [2.05, 4.69) is 18.7 Å². The maximum atomic E-state index is 12.9. The van der Waals surface area contributed by atoms with Crippen LogP contribution in [0.4, 0.5) is 0 Å². The van der Waals surface area contributed by atoms with Gasteiger partial charge in [0.05, 0.1) is 7.11 Å². The zero-order valence-electron chi connectivity index (χ0n) is 16.6. The van der Waals surface area contributed by atoms with E-state index in [9.17, 15) is 4.79 Å². The van der Waals surface area contributed by atoms with E-state index in [0.29, 0.717) is 0 Å². The Kier molecular flexibility index (Phi) is 11.8. The molecule has 0 heterocycles. The number of carbonyl (C=O) groups is 1. The molecule has 0 aromatic heterocycles. The van der Waals surface area contributed by atoms with Crippen LogP contribution in [0.2, 0.25) is 0 Å². The summed E-state index contributed by atoms with van der Waals surface area (Å²) in [4.78, 5) is 14.9. The minimum Gasteiger partial charge on any atom is -0.497 e. The summed E-state index contributed by atoms with van der Waals surface area (Å²) in [6.45, 7) is 6.22. The molecule has 0 radical (unpaired) electrons. The van der Waals surface area contributed by atoms with Gasteiger partial charge < -0.3 is 9.64 Å². The van der Waals surface area contributed by atoms with E-state index in [0.717, 1.165) is 37.2 Å². The van der Waals surface area contributed by atoms with Crippen LogP contribution in [0.15, 0.2) is 24.3 Å². The molecule has 0 spiro atoms. The predicted molar refractivity (Wildman–Crippen MR) is 106 cm³/mol. The van der Waals surface area contributed by atoms with Crippen LogP contribution in [-0.4, -0.2) is 31.0 Å². The first-order valence-corrected chi connectivity index (χ1v) is 10.2. The van der Waals surface area contributed by atoms with Crippen molar-refractivity contribution in [2.24, 2.45) is 0 Å². The van der Waals surface area contributed by atoms with Gasteiger partial charge in [-0.3, -0.25) is 4.79 Å². The highest BCUT2D eigenvalue weighted by molar-refractivity contribution is 5.94. The number of rotatable bonds is 14. The molecule has 1 aromatic carbocycles. The van der Waals surface area contributed by atoms with Crippen molar-refractivity contribution in [3.8, 4) is 5.75 Å². The molecule has 0 N–H and O–H groups in total. The number of methoxy groups -OCH3 is 1. The van der Waals surface area contributed by atoms with Crippen molar-refractivity contribution in [3.05, 3.63) is 29.8 Å². The average molecular weight is 348 g/mol. The van der Waals surface area contributed by atoms with Crippen LogP contribution in [-0.2, 0) is 0 Å². The van der Waals surface area contributed by atoms with E-state index in [1.54, 1.807) is 7.11 Å². The normalized spacial score (nSPS) is 10.7. The molecule has 3 heteroatoms. The second kappa shape index (κ2) is 13.7. The largest absolute Gasteiger partial charge is 0.497 e. The number of unbranched alkanes of at least 4 members (excludes halogenated alkanes) is 8. The number of amides is 1. The highest BCUT2D eigenvalue weighted by Crippen LogP contribution is 2.15. The number of hydrogen-bond donors (Lipinski definition) is 0. The predicted octanol–water partition coefficient (Wildman–Crippen LogP) is 6.08. The maximum absolute atomic E-state index is 12.9. The Bertz CT molecular complexity index is 442. The first-order valence-electron chi connectivity index (χ1n) is 10.2. The lowest BCUT2D eigenvalue weighted by Gasteiger charge is -2.23. The summed E-state index contributed by atoms with van der Waals surface area (Å²) in [5.41, 5.74) is 0.767. The first kappa shape index (κ1) is 21.5. The lowest BCUT2D eigenvalue weighted by atomic mass is 10.1. The van der Waals surface area contributed by atoms with Crippen molar-refractivity contribution in [3.63, 3.8) is 0 Å². The minimum absolute atomic E-state index is 0.161. The Balaban J connectivity index is 2.55. The summed E-state index contributed by atoms with van der Waals surface area (Å²) < 4.78 is 5.19. The van der Waals surface area contributed by atoms with E-state index in [-0.39, 0.29) is 5.91 Å². The molecule has 1 rings (SSSR count). The lowest BCUT2D eigenvalue weighted by Crippen LogP contribution is -2.33. The van der Waals surface area contributed by atoms with Crippen molar-refractivity contribution in [2.45, 2.75) is 78.1 Å². The summed E-state index contributed by atoms with van der Waals surface area (Å²) in [5, 5.41) is 0. The van der Waals surface area contributed by atoms with E-state index in [4.69, 9.17) is 4.74 Å². The molecule has 0 aliphatic heterocycles. The van der Waals surface area contributed by atoms with Crippen molar-refractivity contribution >= 4 is 5.91 Å². The molecule has 0 bridgehead atoms.